The van der Waals surface area contributed by atoms with Crippen LogP contribution in [-0.2, 0) is 23.7 Å². The molecule has 5 nitrogen and oxygen atoms in total. The molecule has 5 atom stereocenters. The summed E-state index contributed by atoms with van der Waals surface area (Å²) in [5, 5.41) is 0. The van der Waals surface area contributed by atoms with Gasteiger partial charge in [-0.3, -0.25) is 0 Å². The van der Waals surface area contributed by atoms with Crippen LogP contribution in [0.4, 0.5) is 4.39 Å². The maximum atomic E-state index is 14.7. The molecule has 1 saturated heterocycles. The van der Waals surface area contributed by atoms with E-state index in [1.54, 1.807) is 0 Å². The van der Waals surface area contributed by atoms with Gasteiger partial charge in [0.15, 0.2) is 0 Å². The summed E-state index contributed by atoms with van der Waals surface area (Å²) < 4.78 is 43.8. The monoisotopic (exact) mass is 378 g/mol. The van der Waals surface area contributed by atoms with E-state index in [0.29, 0.717) is 33.0 Å². The van der Waals surface area contributed by atoms with Crippen molar-refractivity contribution < 1.29 is 28.1 Å². The molecule has 6 heteroatoms. The summed E-state index contributed by atoms with van der Waals surface area (Å²) in [5.41, 5.74) is 0. The average molecular weight is 379 g/mol. The molecule has 0 aromatic rings. The van der Waals surface area contributed by atoms with Gasteiger partial charge >= 0.3 is 0 Å². The van der Waals surface area contributed by atoms with Gasteiger partial charge in [-0.2, -0.15) is 0 Å². The van der Waals surface area contributed by atoms with Gasteiger partial charge in [0.1, 0.15) is 24.4 Å². The molecule has 0 spiro atoms. The van der Waals surface area contributed by atoms with E-state index in [0.717, 1.165) is 38.5 Å². The minimum absolute atomic E-state index is 0.295. The first-order valence-corrected chi connectivity index (χ1v) is 10.4. The number of alkyl halides is 1. The summed E-state index contributed by atoms with van der Waals surface area (Å²) in [6.07, 6.45) is 2.16. The van der Waals surface area contributed by atoms with Crippen molar-refractivity contribution in [1.29, 1.82) is 0 Å². The Morgan fingerprint density at radius 1 is 0.731 bits per heavy atom. The lowest BCUT2D eigenvalue weighted by Crippen LogP contribution is -2.60. The van der Waals surface area contributed by atoms with Crippen LogP contribution < -0.4 is 0 Å². The molecule has 0 aliphatic carbocycles. The minimum atomic E-state index is -1.53. The highest BCUT2D eigenvalue weighted by Crippen LogP contribution is 2.30. The standard InChI is InChI=1S/C20H39FO5/c1-5-9-12-23-17-16(15-22-8-4)26-20(21)19(25-14-11-7-3)18(17)24-13-10-6-2/h16-20H,5-15H2,1-4H3/t16?,17-,18?,19?,20+/m0/s1. The topological polar surface area (TPSA) is 46.2 Å². The van der Waals surface area contributed by atoms with E-state index in [1.807, 2.05) is 6.92 Å². The zero-order valence-electron chi connectivity index (χ0n) is 17.1. The van der Waals surface area contributed by atoms with Gasteiger partial charge in [-0.05, 0) is 26.2 Å². The first-order chi connectivity index (χ1) is 12.7. The second-order valence-electron chi connectivity index (χ2n) is 6.75. The maximum absolute atomic E-state index is 14.7. The van der Waals surface area contributed by atoms with Gasteiger partial charge in [0.25, 0.3) is 0 Å². The van der Waals surface area contributed by atoms with E-state index in [2.05, 4.69) is 20.8 Å². The molecule has 0 aromatic heterocycles. The quantitative estimate of drug-likeness (QED) is 0.398. The Labute approximate surface area is 158 Å². The highest BCUT2D eigenvalue weighted by molar-refractivity contribution is 4.92. The van der Waals surface area contributed by atoms with Crippen molar-refractivity contribution in [3.63, 3.8) is 0 Å². The second kappa shape index (κ2) is 14.7. The van der Waals surface area contributed by atoms with E-state index in [-0.39, 0.29) is 6.10 Å². The Hall–Kier alpha value is -0.270. The summed E-state index contributed by atoms with van der Waals surface area (Å²) in [6, 6.07) is 0. The molecule has 1 rings (SSSR count). The molecule has 1 aliphatic rings. The van der Waals surface area contributed by atoms with Crippen LogP contribution in [0, 0.1) is 0 Å². The van der Waals surface area contributed by atoms with Crippen LogP contribution in [0.5, 0.6) is 0 Å². The van der Waals surface area contributed by atoms with Crippen molar-refractivity contribution in [2.75, 3.05) is 33.0 Å². The Morgan fingerprint density at radius 2 is 1.23 bits per heavy atom. The molecule has 26 heavy (non-hydrogen) atoms. The van der Waals surface area contributed by atoms with Gasteiger partial charge < -0.3 is 23.7 Å². The first kappa shape index (κ1) is 23.8. The number of halogens is 1. The molecule has 0 amide bonds. The number of hydrogen-bond acceptors (Lipinski definition) is 5. The van der Waals surface area contributed by atoms with Crippen LogP contribution in [0.3, 0.4) is 0 Å². The predicted molar refractivity (Wildman–Crippen MR) is 100 cm³/mol. The lowest BCUT2D eigenvalue weighted by molar-refractivity contribution is -0.292. The predicted octanol–water partition coefficient (Wildman–Crippen LogP) is 4.27. The Balaban J connectivity index is 2.86. The molecule has 1 fully saturated rings. The van der Waals surface area contributed by atoms with Crippen molar-refractivity contribution in [2.24, 2.45) is 0 Å². The van der Waals surface area contributed by atoms with Crippen molar-refractivity contribution in [3.8, 4) is 0 Å². The smallest absolute Gasteiger partial charge is 0.228 e. The van der Waals surface area contributed by atoms with Crippen molar-refractivity contribution in [1.82, 2.24) is 0 Å². The molecule has 0 aromatic carbocycles. The first-order valence-electron chi connectivity index (χ1n) is 10.4. The molecular formula is C20H39FO5. The minimum Gasteiger partial charge on any atom is -0.379 e. The SMILES string of the molecule is CCCCOC1C(OCCCC)[C@H](F)OC(COCC)[C@@H]1OCCCC. The second-order valence-corrected chi connectivity index (χ2v) is 6.75. The molecule has 156 valence electrons. The number of hydrogen-bond donors (Lipinski definition) is 0. The van der Waals surface area contributed by atoms with Crippen LogP contribution in [0.25, 0.3) is 0 Å². The van der Waals surface area contributed by atoms with Gasteiger partial charge in [-0.1, -0.05) is 40.0 Å². The molecule has 0 bridgehead atoms. The third-order valence-corrected chi connectivity index (χ3v) is 4.49. The Kier molecular flexibility index (Phi) is 13.5. The van der Waals surface area contributed by atoms with Crippen molar-refractivity contribution >= 4 is 0 Å². The zero-order chi connectivity index (χ0) is 19.2. The largest absolute Gasteiger partial charge is 0.379 e. The molecule has 1 heterocycles. The van der Waals surface area contributed by atoms with E-state index < -0.39 is 24.7 Å². The summed E-state index contributed by atoms with van der Waals surface area (Å²) in [6.45, 7) is 10.7. The van der Waals surface area contributed by atoms with E-state index in [9.17, 15) is 4.39 Å². The van der Waals surface area contributed by atoms with Crippen molar-refractivity contribution in [3.05, 3.63) is 0 Å². The fourth-order valence-electron chi connectivity index (χ4n) is 2.89. The van der Waals surface area contributed by atoms with Crippen LogP contribution in [0.15, 0.2) is 0 Å². The Bertz CT molecular complexity index is 331. The number of rotatable bonds is 15. The molecule has 0 N–H and O–H groups in total. The van der Waals surface area contributed by atoms with E-state index in [4.69, 9.17) is 23.7 Å². The van der Waals surface area contributed by atoms with Crippen LogP contribution >= 0.6 is 0 Å². The summed E-state index contributed by atoms with van der Waals surface area (Å²) in [4.78, 5) is 0. The third-order valence-electron chi connectivity index (χ3n) is 4.49. The highest BCUT2D eigenvalue weighted by Gasteiger charge is 2.48. The average Bonchev–Trinajstić information content (AvgIpc) is 2.64. The zero-order valence-corrected chi connectivity index (χ0v) is 17.1. The molecule has 0 radical (unpaired) electrons. The van der Waals surface area contributed by atoms with Crippen LogP contribution in [0.2, 0.25) is 0 Å². The number of unbranched alkanes of at least 4 members (excludes halogenated alkanes) is 3. The maximum Gasteiger partial charge on any atom is 0.228 e. The summed E-state index contributed by atoms with van der Waals surface area (Å²) in [7, 11) is 0. The van der Waals surface area contributed by atoms with Crippen LogP contribution in [0.1, 0.15) is 66.2 Å². The van der Waals surface area contributed by atoms with Gasteiger partial charge in [-0.25, -0.2) is 4.39 Å². The van der Waals surface area contributed by atoms with E-state index in [1.165, 1.54) is 0 Å². The van der Waals surface area contributed by atoms with Crippen LogP contribution in [-0.4, -0.2) is 63.8 Å². The fraction of sp³-hybridized carbons (Fsp3) is 1.00. The summed E-state index contributed by atoms with van der Waals surface area (Å²) in [5.74, 6) is 0. The third kappa shape index (κ3) is 8.17. The summed E-state index contributed by atoms with van der Waals surface area (Å²) >= 11 is 0. The van der Waals surface area contributed by atoms with Gasteiger partial charge in [0.2, 0.25) is 6.36 Å². The molecule has 1 aliphatic heterocycles. The van der Waals surface area contributed by atoms with E-state index >= 15 is 0 Å². The molecule has 3 unspecified atom stereocenters. The van der Waals surface area contributed by atoms with Gasteiger partial charge in [0, 0.05) is 26.4 Å². The lowest BCUT2D eigenvalue weighted by atomic mass is 9.98. The fourth-order valence-corrected chi connectivity index (χ4v) is 2.89. The van der Waals surface area contributed by atoms with Gasteiger partial charge in [0.05, 0.1) is 6.61 Å². The number of ether oxygens (including phenoxy) is 5. The Morgan fingerprint density at radius 3 is 1.73 bits per heavy atom. The lowest BCUT2D eigenvalue weighted by Gasteiger charge is -2.43. The normalized spacial score (nSPS) is 29.2. The molecular weight excluding hydrogens is 339 g/mol. The van der Waals surface area contributed by atoms with Gasteiger partial charge in [-0.15, -0.1) is 0 Å². The molecule has 0 saturated carbocycles. The van der Waals surface area contributed by atoms with Crippen molar-refractivity contribution in [2.45, 2.75) is 97.0 Å². The highest BCUT2D eigenvalue weighted by atomic mass is 19.1.